The van der Waals surface area contributed by atoms with Crippen molar-refractivity contribution in [1.82, 2.24) is 24.6 Å². The average Bonchev–Trinajstić information content (AvgIpc) is 3.30. The number of aromatic nitrogens is 4. The molecule has 0 bridgehead atoms. The molecule has 150 valence electrons. The first-order chi connectivity index (χ1) is 13.5. The molecule has 2 aliphatic rings. The molecule has 1 aliphatic carbocycles. The molecule has 1 aliphatic heterocycles. The van der Waals surface area contributed by atoms with Gasteiger partial charge in [-0.1, -0.05) is 6.92 Å². The highest BCUT2D eigenvalue weighted by Gasteiger charge is 2.42. The summed E-state index contributed by atoms with van der Waals surface area (Å²) in [4.78, 5) is 22.9. The average molecular weight is 384 g/mol. The van der Waals surface area contributed by atoms with Crippen molar-refractivity contribution >= 4 is 23.4 Å². The van der Waals surface area contributed by atoms with Crippen LogP contribution in [0.2, 0.25) is 0 Å². The van der Waals surface area contributed by atoms with Gasteiger partial charge < -0.3 is 15.5 Å². The van der Waals surface area contributed by atoms with Gasteiger partial charge in [0.15, 0.2) is 0 Å². The molecule has 3 heterocycles. The van der Waals surface area contributed by atoms with E-state index < -0.39 is 0 Å². The SMILES string of the molecule is CCC(=O)N1CCC2(CCC(Nc3ccnc(Nc4cnn(C)c4)n3)CC2)C1. The van der Waals surface area contributed by atoms with Crippen molar-refractivity contribution < 1.29 is 4.79 Å². The number of nitrogens with one attached hydrogen (secondary N) is 2. The lowest BCUT2D eigenvalue weighted by molar-refractivity contribution is -0.130. The Kier molecular flexibility index (Phi) is 5.19. The first-order valence-corrected chi connectivity index (χ1v) is 10.2. The van der Waals surface area contributed by atoms with Gasteiger partial charge >= 0.3 is 0 Å². The maximum absolute atomic E-state index is 12.0. The van der Waals surface area contributed by atoms with Crippen LogP contribution in [0.5, 0.6) is 0 Å². The number of carbonyl (C=O) groups excluding carboxylic acids is 1. The Morgan fingerprint density at radius 2 is 2.14 bits per heavy atom. The molecule has 4 rings (SSSR count). The summed E-state index contributed by atoms with van der Waals surface area (Å²) in [7, 11) is 1.88. The number of hydrogen-bond donors (Lipinski definition) is 2. The Morgan fingerprint density at radius 1 is 1.32 bits per heavy atom. The molecular formula is C20H29N7O. The third-order valence-electron chi connectivity index (χ3n) is 6.11. The molecule has 1 saturated carbocycles. The van der Waals surface area contributed by atoms with E-state index in [1.54, 1.807) is 17.1 Å². The summed E-state index contributed by atoms with van der Waals surface area (Å²) in [6.07, 6.45) is 11.7. The van der Waals surface area contributed by atoms with Crippen molar-refractivity contribution in [3.63, 3.8) is 0 Å². The number of carbonyl (C=O) groups is 1. The molecular weight excluding hydrogens is 354 g/mol. The number of amides is 1. The van der Waals surface area contributed by atoms with Crippen LogP contribution in [0.4, 0.5) is 17.5 Å². The molecule has 0 unspecified atom stereocenters. The first-order valence-electron chi connectivity index (χ1n) is 10.2. The van der Waals surface area contributed by atoms with Crippen LogP contribution in [0.15, 0.2) is 24.7 Å². The molecule has 2 aromatic rings. The quantitative estimate of drug-likeness (QED) is 0.825. The molecule has 8 heteroatoms. The van der Waals surface area contributed by atoms with Crippen LogP contribution in [-0.2, 0) is 11.8 Å². The standard InChI is InChI=1S/C20H29N7O/c1-3-18(28)27-11-9-20(14-27)7-4-15(5-8-20)23-17-6-10-21-19(25-17)24-16-12-22-26(2)13-16/h6,10,12-13,15H,3-5,7-9,11,14H2,1-2H3,(H2,21,23,24,25). The van der Waals surface area contributed by atoms with Gasteiger partial charge in [0.05, 0.1) is 11.9 Å². The van der Waals surface area contributed by atoms with Gasteiger partial charge in [0.2, 0.25) is 11.9 Å². The van der Waals surface area contributed by atoms with Gasteiger partial charge in [0, 0.05) is 45.0 Å². The fraction of sp³-hybridized carbons (Fsp3) is 0.600. The summed E-state index contributed by atoms with van der Waals surface area (Å²) in [5, 5.41) is 10.9. The van der Waals surface area contributed by atoms with Crippen LogP contribution in [-0.4, -0.2) is 49.7 Å². The highest BCUT2D eigenvalue weighted by molar-refractivity contribution is 5.76. The number of hydrogen-bond acceptors (Lipinski definition) is 6. The maximum Gasteiger partial charge on any atom is 0.229 e. The monoisotopic (exact) mass is 383 g/mol. The Labute approximate surface area is 165 Å². The topological polar surface area (TPSA) is 88.0 Å². The van der Waals surface area contributed by atoms with Gasteiger partial charge in [0.1, 0.15) is 5.82 Å². The fourth-order valence-corrected chi connectivity index (χ4v) is 4.48. The van der Waals surface area contributed by atoms with E-state index >= 15 is 0 Å². The molecule has 0 radical (unpaired) electrons. The minimum Gasteiger partial charge on any atom is -0.367 e. The van der Waals surface area contributed by atoms with Crippen molar-refractivity contribution in [3.8, 4) is 0 Å². The Hall–Kier alpha value is -2.64. The minimum atomic E-state index is 0.298. The smallest absolute Gasteiger partial charge is 0.229 e. The second-order valence-corrected chi connectivity index (χ2v) is 8.13. The van der Waals surface area contributed by atoms with Gasteiger partial charge in [-0.25, -0.2) is 4.98 Å². The molecule has 8 nitrogen and oxygen atoms in total. The van der Waals surface area contributed by atoms with Crippen molar-refractivity contribution in [2.24, 2.45) is 12.5 Å². The van der Waals surface area contributed by atoms with E-state index in [9.17, 15) is 4.79 Å². The predicted octanol–water partition coefficient (Wildman–Crippen LogP) is 2.94. The van der Waals surface area contributed by atoms with E-state index in [2.05, 4.69) is 30.6 Å². The van der Waals surface area contributed by atoms with Gasteiger partial charge in [-0.15, -0.1) is 0 Å². The first kappa shape index (κ1) is 18.7. The van der Waals surface area contributed by atoms with Crippen LogP contribution in [0.1, 0.15) is 45.4 Å². The van der Waals surface area contributed by atoms with Crippen LogP contribution in [0.25, 0.3) is 0 Å². The highest BCUT2D eigenvalue weighted by Crippen LogP contribution is 2.44. The summed E-state index contributed by atoms with van der Waals surface area (Å²) in [5.74, 6) is 1.71. The van der Waals surface area contributed by atoms with Crippen LogP contribution in [0.3, 0.4) is 0 Å². The largest absolute Gasteiger partial charge is 0.367 e. The van der Waals surface area contributed by atoms with Crippen LogP contribution >= 0.6 is 0 Å². The predicted molar refractivity (Wildman–Crippen MR) is 108 cm³/mol. The molecule has 1 spiro atoms. The zero-order chi connectivity index (χ0) is 19.6. The molecule has 1 amide bonds. The summed E-state index contributed by atoms with van der Waals surface area (Å²) < 4.78 is 1.74. The van der Waals surface area contributed by atoms with E-state index in [0.29, 0.717) is 29.7 Å². The van der Waals surface area contributed by atoms with Crippen molar-refractivity contribution in [1.29, 1.82) is 0 Å². The second-order valence-electron chi connectivity index (χ2n) is 8.13. The van der Waals surface area contributed by atoms with Crippen LogP contribution < -0.4 is 10.6 Å². The minimum absolute atomic E-state index is 0.298. The van der Waals surface area contributed by atoms with E-state index in [4.69, 9.17) is 0 Å². The second kappa shape index (κ2) is 7.77. The molecule has 2 fully saturated rings. The van der Waals surface area contributed by atoms with E-state index in [-0.39, 0.29) is 0 Å². The molecule has 0 atom stereocenters. The maximum atomic E-state index is 12.0. The number of nitrogens with zero attached hydrogens (tertiary/aromatic N) is 5. The Balaban J connectivity index is 1.31. The lowest BCUT2D eigenvalue weighted by Gasteiger charge is -2.37. The lowest BCUT2D eigenvalue weighted by atomic mass is 9.72. The number of likely N-dealkylation sites (tertiary alicyclic amines) is 1. The van der Waals surface area contributed by atoms with Crippen molar-refractivity contribution in [3.05, 3.63) is 24.7 Å². The number of anilines is 3. The van der Waals surface area contributed by atoms with Crippen LogP contribution in [0, 0.1) is 5.41 Å². The lowest BCUT2D eigenvalue weighted by Crippen LogP contribution is -2.37. The zero-order valence-corrected chi connectivity index (χ0v) is 16.7. The highest BCUT2D eigenvalue weighted by atomic mass is 16.2. The Morgan fingerprint density at radius 3 is 2.86 bits per heavy atom. The van der Waals surface area contributed by atoms with Gasteiger partial charge in [-0.2, -0.15) is 10.1 Å². The molecule has 0 aromatic carbocycles. The molecule has 2 aromatic heterocycles. The third kappa shape index (κ3) is 4.10. The summed E-state index contributed by atoms with van der Waals surface area (Å²) in [5.41, 5.74) is 1.20. The van der Waals surface area contributed by atoms with Gasteiger partial charge in [-0.3, -0.25) is 9.48 Å². The van der Waals surface area contributed by atoms with E-state index in [1.165, 1.54) is 12.8 Å². The molecule has 28 heavy (non-hydrogen) atoms. The third-order valence-corrected chi connectivity index (χ3v) is 6.11. The summed E-state index contributed by atoms with van der Waals surface area (Å²) >= 11 is 0. The van der Waals surface area contributed by atoms with E-state index in [0.717, 1.165) is 43.9 Å². The molecule has 2 N–H and O–H groups in total. The number of aryl methyl sites for hydroxylation is 1. The summed E-state index contributed by atoms with van der Waals surface area (Å²) in [6, 6.07) is 2.33. The van der Waals surface area contributed by atoms with E-state index in [1.807, 2.05) is 26.2 Å². The number of rotatable bonds is 5. The Bertz CT molecular complexity index is 825. The molecule has 1 saturated heterocycles. The van der Waals surface area contributed by atoms with Crippen molar-refractivity contribution in [2.45, 2.75) is 51.5 Å². The zero-order valence-electron chi connectivity index (χ0n) is 16.7. The normalized spacial score (nSPS) is 24.5. The van der Waals surface area contributed by atoms with Gasteiger partial charge in [-0.05, 0) is 43.6 Å². The summed E-state index contributed by atoms with van der Waals surface area (Å²) in [6.45, 7) is 3.83. The van der Waals surface area contributed by atoms with Crippen molar-refractivity contribution in [2.75, 3.05) is 23.7 Å². The van der Waals surface area contributed by atoms with Gasteiger partial charge in [0.25, 0.3) is 0 Å². The fourth-order valence-electron chi connectivity index (χ4n) is 4.48.